The Balaban J connectivity index is 1.37. The summed E-state index contributed by atoms with van der Waals surface area (Å²) in [6, 6.07) is 5.73. The first kappa shape index (κ1) is 18.8. The van der Waals surface area contributed by atoms with Gasteiger partial charge < -0.3 is 10.6 Å². The minimum Gasteiger partial charge on any atom is -0.329 e. The molecule has 1 aromatic carbocycles. The fraction of sp³-hybridized carbons (Fsp3) is 0.591. The number of nitrogens with one attached hydrogen (secondary N) is 1. The lowest BCUT2D eigenvalue weighted by atomic mass is 9.64. The topological polar surface area (TPSA) is 95.7 Å². The Morgan fingerprint density at radius 1 is 1.17 bits per heavy atom. The van der Waals surface area contributed by atoms with E-state index in [0.717, 1.165) is 24.2 Å². The van der Waals surface area contributed by atoms with Crippen LogP contribution >= 0.6 is 0 Å². The Labute approximate surface area is 170 Å². The zero-order valence-electron chi connectivity index (χ0n) is 16.7. The highest BCUT2D eigenvalue weighted by Crippen LogP contribution is 2.52. The summed E-state index contributed by atoms with van der Waals surface area (Å²) < 4.78 is 0. The molecule has 7 heteroatoms. The first-order valence-corrected chi connectivity index (χ1v) is 10.7. The van der Waals surface area contributed by atoms with E-state index in [1.807, 2.05) is 12.1 Å². The van der Waals surface area contributed by atoms with Gasteiger partial charge in [-0.05, 0) is 54.8 Å². The molecule has 5 rings (SSSR count). The van der Waals surface area contributed by atoms with E-state index in [1.165, 1.54) is 25.7 Å². The standard InChI is InChI=1S/C22H28N4O3/c23-11-18-22(7-2-8-22)9-10-25(18)12-14-3-1-4-15-16(14)13-26(21(15)29)17-5-6-19(27)24-20(17)28/h1,3-4,17-18H,2,5-13,23H2,(H,24,27,28). The minimum atomic E-state index is -0.567. The lowest BCUT2D eigenvalue weighted by molar-refractivity contribution is -0.136. The molecule has 154 valence electrons. The van der Waals surface area contributed by atoms with E-state index in [4.69, 9.17) is 5.73 Å². The predicted molar refractivity (Wildman–Crippen MR) is 107 cm³/mol. The highest BCUT2D eigenvalue weighted by molar-refractivity contribution is 6.05. The van der Waals surface area contributed by atoms with Gasteiger partial charge in [0.25, 0.3) is 5.91 Å². The van der Waals surface area contributed by atoms with Crippen LogP contribution in [0.2, 0.25) is 0 Å². The summed E-state index contributed by atoms with van der Waals surface area (Å²) in [5, 5.41) is 2.37. The number of nitrogens with two attached hydrogens (primary N) is 1. The number of nitrogens with zero attached hydrogens (tertiary/aromatic N) is 2. The largest absolute Gasteiger partial charge is 0.329 e. The molecule has 2 saturated heterocycles. The van der Waals surface area contributed by atoms with E-state index in [1.54, 1.807) is 4.90 Å². The van der Waals surface area contributed by atoms with Crippen LogP contribution in [0, 0.1) is 5.41 Å². The smallest absolute Gasteiger partial charge is 0.255 e. The maximum absolute atomic E-state index is 13.0. The van der Waals surface area contributed by atoms with E-state index < -0.39 is 6.04 Å². The van der Waals surface area contributed by atoms with E-state index in [0.29, 0.717) is 36.5 Å². The van der Waals surface area contributed by atoms with Gasteiger partial charge >= 0.3 is 0 Å². The molecular weight excluding hydrogens is 368 g/mol. The molecular formula is C22H28N4O3. The number of likely N-dealkylation sites (tertiary alicyclic amines) is 1. The Morgan fingerprint density at radius 2 is 2.00 bits per heavy atom. The molecule has 4 aliphatic rings. The summed E-state index contributed by atoms with van der Waals surface area (Å²) in [5.41, 5.74) is 9.43. The van der Waals surface area contributed by atoms with E-state index in [2.05, 4.69) is 16.3 Å². The molecule has 3 fully saturated rings. The average molecular weight is 396 g/mol. The molecule has 3 amide bonds. The molecule has 0 bridgehead atoms. The van der Waals surface area contributed by atoms with Crippen molar-refractivity contribution in [2.75, 3.05) is 13.1 Å². The lowest BCUT2D eigenvalue weighted by Gasteiger charge is -2.44. The molecule has 1 aliphatic carbocycles. The highest BCUT2D eigenvalue weighted by atomic mass is 16.2. The number of fused-ring (bicyclic) bond motifs is 1. The molecule has 3 aliphatic heterocycles. The van der Waals surface area contributed by atoms with Crippen molar-refractivity contribution in [1.82, 2.24) is 15.1 Å². The second kappa shape index (κ2) is 6.92. The number of hydrogen-bond acceptors (Lipinski definition) is 5. The van der Waals surface area contributed by atoms with Gasteiger partial charge in [-0.2, -0.15) is 0 Å². The second-order valence-corrected chi connectivity index (χ2v) is 9.03. The number of amides is 3. The van der Waals surface area contributed by atoms with Gasteiger partial charge in [0.15, 0.2) is 0 Å². The van der Waals surface area contributed by atoms with Crippen molar-refractivity contribution >= 4 is 17.7 Å². The van der Waals surface area contributed by atoms with Crippen LogP contribution in [0.5, 0.6) is 0 Å². The van der Waals surface area contributed by atoms with Crippen LogP contribution in [0.1, 0.15) is 60.0 Å². The molecule has 2 unspecified atom stereocenters. The van der Waals surface area contributed by atoms with E-state index >= 15 is 0 Å². The second-order valence-electron chi connectivity index (χ2n) is 9.03. The van der Waals surface area contributed by atoms with Crippen LogP contribution in [-0.4, -0.2) is 52.7 Å². The highest BCUT2D eigenvalue weighted by Gasteiger charge is 2.50. The summed E-state index contributed by atoms with van der Waals surface area (Å²) in [7, 11) is 0. The zero-order chi connectivity index (χ0) is 20.2. The maximum Gasteiger partial charge on any atom is 0.255 e. The normalized spacial score (nSPS) is 28.6. The number of carbonyl (C=O) groups excluding carboxylic acids is 3. The maximum atomic E-state index is 13.0. The van der Waals surface area contributed by atoms with Crippen LogP contribution in [0.25, 0.3) is 0 Å². The van der Waals surface area contributed by atoms with E-state index in [-0.39, 0.29) is 24.1 Å². The van der Waals surface area contributed by atoms with Gasteiger partial charge in [-0.15, -0.1) is 0 Å². The van der Waals surface area contributed by atoms with Crippen molar-refractivity contribution in [2.24, 2.45) is 11.1 Å². The van der Waals surface area contributed by atoms with E-state index in [9.17, 15) is 14.4 Å². The van der Waals surface area contributed by atoms with Crippen LogP contribution < -0.4 is 11.1 Å². The SMILES string of the molecule is NCC1N(Cc2cccc3c2CN(C2CCC(=O)NC2=O)C3=O)CCC12CCC2. The molecule has 1 saturated carbocycles. The molecule has 2 atom stereocenters. The zero-order valence-corrected chi connectivity index (χ0v) is 16.7. The molecule has 29 heavy (non-hydrogen) atoms. The third-order valence-electron chi connectivity index (χ3n) is 7.67. The third kappa shape index (κ3) is 2.90. The summed E-state index contributed by atoms with van der Waals surface area (Å²) in [4.78, 5) is 40.9. The summed E-state index contributed by atoms with van der Waals surface area (Å²) in [6.07, 6.45) is 5.74. The van der Waals surface area contributed by atoms with Crippen molar-refractivity contribution in [3.63, 3.8) is 0 Å². The Bertz CT molecular complexity index is 879. The Hall–Kier alpha value is -2.25. The van der Waals surface area contributed by atoms with Gasteiger partial charge in [-0.1, -0.05) is 18.6 Å². The van der Waals surface area contributed by atoms with Gasteiger partial charge in [0.2, 0.25) is 11.8 Å². The van der Waals surface area contributed by atoms with Crippen molar-refractivity contribution in [2.45, 2.75) is 63.7 Å². The molecule has 7 nitrogen and oxygen atoms in total. The summed E-state index contributed by atoms with van der Waals surface area (Å²) >= 11 is 0. The number of hydrogen-bond donors (Lipinski definition) is 2. The summed E-state index contributed by atoms with van der Waals surface area (Å²) in [6.45, 7) is 2.96. The Kier molecular flexibility index (Phi) is 4.47. The van der Waals surface area contributed by atoms with Crippen molar-refractivity contribution < 1.29 is 14.4 Å². The first-order valence-electron chi connectivity index (χ1n) is 10.7. The average Bonchev–Trinajstić information content (AvgIpc) is 3.21. The number of piperidine rings is 1. The molecule has 1 aromatic rings. The number of benzene rings is 1. The molecule has 3 heterocycles. The van der Waals surface area contributed by atoms with Gasteiger partial charge in [-0.3, -0.25) is 24.6 Å². The van der Waals surface area contributed by atoms with Crippen LogP contribution in [0.3, 0.4) is 0 Å². The molecule has 1 spiro atoms. The quantitative estimate of drug-likeness (QED) is 0.745. The summed E-state index contributed by atoms with van der Waals surface area (Å²) in [5.74, 6) is -0.731. The first-order chi connectivity index (χ1) is 14.0. The van der Waals surface area contributed by atoms with Crippen molar-refractivity contribution in [3.05, 3.63) is 34.9 Å². The minimum absolute atomic E-state index is 0.108. The van der Waals surface area contributed by atoms with Crippen molar-refractivity contribution in [3.8, 4) is 0 Å². The predicted octanol–water partition coefficient (Wildman–Crippen LogP) is 1.15. The fourth-order valence-corrected chi connectivity index (χ4v) is 5.90. The van der Waals surface area contributed by atoms with Gasteiger partial charge in [0.1, 0.15) is 6.04 Å². The van der Waals surface area contributed by atoms with Gasteiger partial charge in [-0.25, -0.2) is 0 Å². The third-order valence-corrected chi connectivity index (χ3v) is 7.67. The van der Waals surface area contributed by atoms with Gasteiger partial charge in [0, 0.05) is 37.7 Å². The lowest BCUT2D eigenvalue weighted by Crippen LogP contribution is -2.52. The van der Waals surface area contributed by atoms with Crippen molar-refractivity contribution in [1.29, 1.82) is 0 Å². The number of rotatable bonds is 4. The monoisotopic (exact) mass is 396 g/mol. The molecule has 0 aromatic heterocycles. The van der Waals surface area contributed by atoms with Crippen LogP contribution in [0.15, 0.2) is 18.2 Å². The fourth-order valence-electron chi connectivity index (χ4n) is 5.90. The number of carbonyl (C=O) groups is 3. The van der Waals surface area contributed by atoms with Gasteiger partial charge in [0.05, 0.1) is 0 Å². The molecule has 0 radical (unpaired) electrons. The Morgan fingerprint density at radius 3 is 2.69 bits per heavy atom. The number of imide groups is 1. The molecule has 3 N–H and O–H groups in total. The van der Waals surface area contributed by atoms with Crippen LogP contribution in [0.4, 0.5) is 0 Å². The van der Waals surface area contributed by atoms with Crippen LogP contribution in [-0.2, 0) is 22.7 Å².